The fourth-order valence-corrected chi connectivity index (χ4v) is 6.64. The van der Waals surface area contributed by atoms with Crippen LogP contribution in [0.2, 0.25) is 0 Å². The molecule has 376 valence electrons. The molecule has 0 aromatic rings. The molecule has 2 atom stereocenters. The van der Waals surface area contributed by atoms with Crippen LogP contribution in [0.25, 0.3) is 0 Å². The minimum Gasteiger partial charge on any atom is -0.544 e. The van der Waals surface area contributed by atoms with Crippen LogP contribution in [0.4, 0.5) is 0 Å². The van der Waals surface area contributed by atoms with E-state index in [1.807, 2.05) is 0 Å². The fraction of sp³-hybridized carbons (Fsp3) is 0.576. The minimum atomic E-state index is -1.14. The first kappa shape index (κ1) is 62.5. The number of aliphatic carboxylic acids is 1. The van der Waals surface area contributed by atoms with Crippen LogP contribution in [-0.4, -0.2) is 75.5 Å². The number of hydrogen-bond donors (Lipinski definition) is 0. The number of allylic oxidation sites excluding steroid dienone is 22. The average molecular weight is 928 g/mol. The van der Waals surface area contributed by atoms with E-state index in [2.05, 4.69) is 148 Å². The maximum atomic E-state index is 12.8. The quantitative estimate of drug-likeness (QED) is 0.0259. The van der Waals surface area contributed by atoms with Crippen molar-refractivity contribution in [3.63, 3.8) is 0 Å². The maximum absolute atomic E-state index is 12.8. The number of ether oxygens (including phenoxy) is 3. The zero-order valence-corrected chi connectivity index (χ0v) is 42.8. The molecule has 0 aliphatic carbocycles. The van der Waals surface area contributed by atoms with Gasteiger partial charge in [-0.15, -0.1) is 0 Å². The van der Waals surface area contributed by atoms with Crippen molar-refractivity contribution in [3.8, 4) is 0 Å². The molecule has 67 heavy (non-hydrogen) atoms. The maximum Gasteiger partial charge on any atom is 0.306 e. The van der Waals surface area contributed by atoms with Crippen LogP contribution in [-0.2, 0) is 28.6 Å². The lowest BCUT2D eigenvalue weighted by molar-refractivity contribution is -0.889. The molecule has 0 saturated carbocycles. The molecule has 8 heteroatoms. The Morgan fingerprint density at radius 1 is 0.448 bits per heavy atom. The summed E-state index contributed by atoms with van der Waals surface area (Å²) in [5.41, 5.74) is 0. The van der Waals surface area contributed by atoms with Gasteiger partial charge in [0, 0.05) is 19.3 Å². The number of carboxylic acids is 1. The van der Waals surface area contributed by atoms with Gasteiger partial charge in [0.15, 0.2) is 6.10 Å². The Balaban J connectivity index is 4.40. The highest BCUT2D eigenvalue weighted by atomic mass is 16.6. The average Bonchev–Trinajstić information content (AvgIpc) is 3.29. The Kier molecular flexibility index (Phi) is 44.7. The second-order valence-corrected chi connectivity index (χ2v) is 17.6. The predicted molar refractivity (Wildman–Crippen MR) is 281 cm³/mol. The van der Waals surface area contributed by atoms with E-state index in [4.69, 9.17) is 14.2 Å². The molecule has 0 spiro atoms. The van der Waals surface area contributed by atoms with Gasteiger partial charge >= 0.3 is 11.9 Å². The van der Waals surface area contributed by atoms with Gasteiger partial charge in [0.25, 0.3) is 0 Å². The summed E-state index contributed by atoms with van der Waals surface area (Å²) in [6.07, 6.45) is 69.2. The first-order valence-corrected chi connectivity index (χ1v) is 25.7. The summed E-state index contributed by atoms with van der Waals surface area (Å²) in [4.78, 5) is 37.0. The number of esters is 2. The third kappa shape index (κ3) is 46.4. The van der Waals surface area contributed by atoms with Gasteiger partial charge in [0.05, 0.1) is 40.3 Å². The number of hydrogen-bond acceptors (Lipinski definition) is 7. The van der Waals surface area contributed by atoms with Crippen LogP contribution >= 0.6 is 0 Å². The second kappa shape index (κ2) is 47.9. The van der Waals surface area contributed by atoms with Crippen molar-refractivity contribution < 1.29 is 38.2 Å². The van der Waals surface area contributed by atoms with E-state index in [0.29, 0.717) is 6.42 Å². The third-order valence-electron chi connectivity index (χ3n) is 10.5. The fourth-order valence-electron chi connectivity index (χ4n) is 6.64. The summed E-state index contributed by atoms with van der Waals surface area (Å²) in [7, 11) is 5.38. The zero-order valence-electron chi connectivity index (χ0n) is 42.8. The van der Waals surface area contributed by atoms with Gasteiger partial charge in [-0.25, -0.2) is 0 Å². The number of unbranched alkanes of at least 4 members (excludes halogenated alkanes) is 8. The van der Waals surface area contributed by atoms with Crippen LogP contribution in [0.3, 0.4) is 0 Å². The van der Waals surface area contributed by atoms with Gasteiger partial charge in [-0.1, -0.05) is 180 Å². The number of carboxylic acid groups (broad SMARTS) is 1. The molecule has 0 bridgehead atoms. The van der Waals surface area contributed by atoms with Gasteiger partial charge in [0.1, 0.15) is 12.6 Å². The van der Waals surface area contributed by atoms with Gasteiger partial charge < -0.3 is 28.6 Å². The highest BCUT2D eigenvalue weighted by Crippen LogP contribution is 2.13. The Morgan fingerprint density at radius 2 is 0.806 bits per heavy atom. The topological polar surface area (TPSA) is 102 Å². The predicted octanol–water partition coefficient (Wildman–Crippen LogP) is 13.8. The SMILES string of the molecule is CC/C=C/C/C=C/C/C=C/C/C=C/C/C=C/C/C=C/CCCC(=O)OCC(COCCC(C(=O)[O-])[N+](C)(C)C)OC(=O)CCCCCCCCC/C=C/C/C=C/C/C=C/C/C=C/C/C=C/CC. The van der Waals surface area contributed by atoms with Crippen molar-refractivity contribution in [1.82, 2.24) is 0 Å². The first-order chi connectivity index (χ1) is 32.6. The monoisotopic (exact) mass is 928 g/mol. The molecule has 0 heterocycles. The van der Waals surface area contributed by atoms with Gasteiger partial charge in [-0.2, -0.15) is 0 Å². The van der Waals surface area contributed by atoms with Gasteiger partial charge in [-0.3, -0.25) is 9.59 Å². The smallest absolute Gasteiger partial charge is 0.306 e. The third-order valence-corrected chi connectivity index (χ3v) is 10.5. The van der Waals surface area contributed by atoms with E-state index < -0.39 is 18.1 Å². The molecule has 2 unspecified atom stereocenters. The number of nitrogens with zero attached hydrogens (tertiary/aromatic N) is 1. The molecular formula is C59H93NO7. The van der Waals surface area contributed by atoms with Crippen molar-refractivity contribution in [2.24, 2.45) is 0 Å². The summed E-state index contributed by atoms with van der Waals surface area (Å²) in [5, 5.41) is 11.7. The number of likely N-dealkylation sites (N-methyl/N-ethyl adjacent to an activating group) is 1. The molecule has 0 saturated heterocycles. The molecule has 0 rings (SSSR count). The number of carbonyl (C=O) groups excluding carboxylic acids is 3. The van der Waals surface area contributed by atoms with Crippen LogP contribution in [0.5, 0.6) is 0 Å². The molecule has 0 aliphatic rings. The van der Waals surface area contributed by atoms with E-state index >= 15 is 0 Å². The van der Waals surface area contributed by atoms with E-state index in [9.17, 15) is 19.5 Å². The van der Waals surface area contributed by atoms with Crippen molar-refractivity contribution in [1.29, 1.82) is 0 Å². The van der Waals surface area contributed by atoms with Crippen LogP contribution in [0.1, 0.15) is 168 Å². The molecule has 0 radical (unpaired) electrons. The van der Waals surface area contributed by atoms with E-state index in [1.54, 1.807) is 21.1 Å². The molecule has 8 nitrogen and oxygen atoms in total. The second-order valence-electron chi connectivity index (χ2n) is 17.6. The molecule has 0 aromatic heterocycles. The molecular weight excluding hydrogens is 835 g/mol. The lowest BCUT2D eigenvalue weighted by Crippen LogP contribution is -2.55. The lowest BCUT2D eigenvalue weighted by Gasteiger charge is -2.34. The van der Waals surface area contributed by atoms with Crippen molar-refractivity contribution in [2.45, 2.75) is 180 Å². The Labute approximate surface area is 409 Å². The van der Waals surface area contributed by atoms with E-state index in [1.165, 1.54) is 19.3 Å². The highest BCUT2D eigenvalue weighted by Gasteiger charge is 2.25. The summed E-state index contributed by atoms with van der Waals surface area (Å²) >= 11 is 0. The van der Waals surface area contributed by atoms with Crippen LogP contribution < -0.4 is 5.11 Å². The van der Waals surface area contributed by atoms with E-state index in [0.717, 1.165) is 109 Å². The summed E-state index contributed by atoms with van der Waals surface area (Å²) < 4.78 is 17.2. The number of carbonyl (C=O) groups is 3. The molecule has 0 aliphatic heterocycles. The Morgan fingerprint density at radius 3 is 1.21 bits per heavy atom. The minimum absolute atomic E-state index is 0.00803. The van der Waals surface area contributed by atoms with Crippen molar-refractivity contribution in [3.05, 3.63) is 134 Å². The van der Waals surface area contributed by atoms with E-state index in [-0.39, 0.29) is 55.5 Å². The molecule has 0 fully saturated rings. The summed E-state index contributed by atoms with van der Waals surface area (Å²) in [6, 6.07) is -0.746. The van der Waals surface area contributed by atoms with Crippen LogP contribution in [0, 0.1) is 0 Å². The first-order valence-electron chi connectivity index (χ1n) is 25.7. The Bertz CT molecular complexity index is 1550. The van der Waals surface area contributed by atoms with Gasteiger partial charge in [-0.05, 0) is 103 Å². The zero-order chi connectivity index (χ0) is 49.2. The number of quaternary nitrogens is 1. The highest BCUT2D eigenvalue weighted by molar-refractivity contribution is 5.70. The van der Waals surface area contributed by atoms with Crippen LogP contribution in [0.15, 0.2) is 134 Å². The lowest BCUT2D eigenvalue weighted by atomic mass is 10.1. The molecule has 0 aromatic carbocycles. The molecule has 0 amide bonds. The summed E-state index contributed by atoms with van der Waals surface area (Å²) in [5.74, 6) is -1.84. The largest absolute Gasteiger partial charge is 0.544 e. The summed E-state index contributed by atoms with van der Waals surface area (Å²) in [6.45, 7) is 4.34. The Hall–Kier alpha value is -4.53. The van der Waals surface area contributed by atoms with Gasteiger partial charge in [0.2, 0.25) is 0 Å². The number of rotatable bonds is 44. The van der Waals surface area contributed by atoms with Crippen molar-refractivity contribution in [2.75, 3.05) is 41.0 Å². The molecule has 0 N–H and O–H groups in total. The standard InChI is InChI=1S/C59H93NO7/c1-6-8-10-12-14-16-18-20-22-24-26-28-29-30-32-34-36-38-40-42-44-46-48-50-58(62)67-55(53-65-52-51-56(59(63)64)60(3,4)5)54-66-57(61)49-47-45-43-41-39-37-35-33-31-27-25-23-21-19-17-15-13-11-9-7-2/h8-11,14-17,20-23,26-28,30-32,35,37,41,43,55-56H,6-7,12-13,18-19,24-25,29,33-34,36,38-40,42,44-54H2,1-5H3/b10-8+,11-9+,16-14+,17-15+,22-20+,23-21+,28-26+,31-27+,32-30+,37-35+,43-41+. The normalized spacial score (nSPS) is 14.0. The van der Waals surface area contributed by atoms with Crippen molar-refractivity contribution >= 4 is 17.9 Å².